The average molecular weight is 416 g/mol. The summed E-state index contributed by atoms with van der Waals surface area (Å²) in [6.07, 6.45) is 11.4. The van der Waals surface area contributed by atoms with Crippen LogP contribution in [-0.2, 0) is 19.0 Å². The van der Waals surface area contributed by atoms with Gasteiger partial charge in [0.05, 0.1) is 29.2 Å². The molecule has 1 aromatic carbocycles. The third-order valence-electron chi connectivity index (χ3n) is 7.87. The number of nitrogens with zero attached hydrogens (tertiary/aromatic N) is 4. The van der Waals surface area contributed by atoms with E-state index in [4.69, 9.17) is 5.10 Å². The molecule has 3 aromatic rings. The molecule has 0 spiro atoms. The van der Waals surface area contributed by atoms with Crippen molar-refractivity contribution in [3.8, 4) is 5.69 Å². The third kappa shape index (κ3) is 3.20. The van der Waals surface area contributed by atoms with Gasteiger partial charge in [0.2, 0.25) is 0 Å². The predicted octanol–water partition coefficient (Wildman–Crippen LogP) is 4.00. The van der Waals surface area contributed by atoms with Crippen LogP contribution in [0.1, 0.15) is 60.3 Å². The number of amides is 1. The second-order valence-electron chi connectivity index (χ2n) is 10.00. The number of aromatic nitrogens is 4. The monoisotopic (exact) mass is 415 g/mol. The van der Waals surface area contributed by atoms with Crippen molar-refractivity contribution < 1.29 is 4.79 Å². The molecule has 160 valence electrons. The zero-order valence-corrected chi connectivity index (χ0v) is 18.0. The summed E-state index contributed by atoms with van der Waals surface area (Å²) < 4.78 is 3.71. The zero-order chi connectivity index (χ0) is 21.0. The van der Waals surface area contributed by atoms with Gasteiger partial charge in [-0.3, -0.25) is 9.48 Å². The van der Waals surface area contributed by atoms with E-state index in [0.717, 1.165) is 40.4 Å². The highest BCUT2D eigenvalue weighted by Gasteiger charge is 2.53. The summed E-state index contributed by atoms with van der Waals surface area (Å²) in [4.78, 5) is 13.4. The number of aryl methyl sites for hydroxylation is 1. The van der Waals surface area contributed by atoms with Gasteiger partial charge in [-0.05, 0) is 74.5 Å². The van der Waals surface area contributed by atoms with Crippen LogP contribution in [0.3, 0.4) is 0 Å². The Morgan fingerprint density at radius 2 is 1.74 bits per heavy atom. The first-order chi connectivity index (χ1) is 15.1. The largest absolute Gasteiger partial charge is 0.346 e. The van der Waals surface area contributed by atoms with Crippen molar-refractivity contribution in [2.24, 2.45) is 24.8 Å². The molecule has 7 rings (SSSR count). The van der Waals surface area contributed by atoms with Crippen molar-refractivity contribution in [2.45, 2.75) is 50.5 Å². The molecule has 0 saturated heterocycles. The minimum Gasteiger partial charge on any atom is -0.346 e. The Bertz CT molecular complexity index is 1080. The fourth-order valence-electron chi connectivity index (χ4n) is 6.89. The Hall–Kier alpha value is -2.89. The first-order valence-electron chi connectivity index (χ1n) is 11.5. The lowest BCUT2D eigenvalue weighted by molar-refractivity contribution is -0.00770. The Labute approximate surface area is 182 Å². The molecule has 2 heterocycles. The van der Waals surface area contributed by atoms with Crippen LogP contribution in [0, 0.1) is 17.8 Å². The molecule has 1 amide bonds. The predicted molar refractivity (Wildman–Crippen MR) is 118 cm³/mol. The van der Waals surface area contributed by atoms with Crippen molar-refractivity contribution in [1.82, 2.24) is 24.9 Å². The van der Waals surface area contributed by atoms with Crippen LogP contribution in [0.5, 0.6) is 0 Å². The highest BCUT2D eigenvalue weighted by molar-refractivity contribution is 5.95. The molecule has 0 aliphatic heterocycles. The summed E-state index contributed by atoms with van der Waals surface area (Å²) in [5.41, 5.74) is 3.82. The third-order valence-corrected chi connectivity index (χ3v) is 7.87. The van der Waals surface area contributed by atoms with Crippen LogP contribution in [0.25, 0.3) is 5.69 Å². The van der Waals surface area contributed by atoms with E-state index in [2.05, 4.69) is 10.4 Å². The lowest BCUT2D eigenvalue weighted by atomic mass is 9.48. The van der Waals surface area contributed by atoms with Crippen LogP contribution in [0.2, 0.25) is 0 Å². The molecule has 0 radical (unpaired) electrons. The van der Waals surface area contributed by atoms with E-state index in [1.54, 1.807) is 10.9 Å². The number of hydrogen-bond donors (Lipinski definition) is 1. The van der Waals surface area contributed by atoms with E-state index < -0.39 is 0 Å². The van der Waals surface area contributed by atoms with E-state index in [9.17, 15) is 4.79 Å². The fourth-order valence-corrected chi connectivity index (χ4v) is 6.89. The zero-order valence-electron chi connectivity index (χ0n) is 18.0. The lowest BCUT2D eigenvalue weighted by Crippen LogP contribution is -2.49. The van der Waals surface area contributed by atoms with Gasteiger partial charge in [-0.25, -0.2) is 4.68 Å². The highest BCUT2D eigenvalue weighted by Crippen LogP contribution is 2.60. The van der Waals surface area contributed by atoms with Gasteiger partial charge in [0.15, 0.2) is 0 Å². The van der Waals surface area contributed by atoms with Crippen molar-refractivity contribution in [1.29, 1.82) is 0 Å². The van der Waals surface area contributed by atoms with Crippen molar-refractivity contribution >= 4 is 5.91 Å². The normalized spacial score (nSPS) is 28.7. The van der Waals surface area contributed by atoms with E-state index in [1.807, 2.05) is 54.3 Å². The van der Waals surface area contributed by atoms with E-state index in [1.165, 1.54) is 38.5 Å². The van der Waals surface area contributed by atoms with E-state index >= 15 is 0 Å². The Morgan fingerprint density at radius 3 is 2.35 bits per heavy atom. The van der Waals surface area contributed by atoms with Crippen LogP contribution < -0.4 is 5.32 Å². The molecule has 4 aliphatic carbocycles. The first kappa shape index (κ1) is 18.8. The van der Waals surface area contributed by atoms with E-state index in [-0.39, 0.29) is 11.3 Å². The number of hydrogen-bond acceptors (Lipinski definition) is 3. The molecular formula is C25H29N5O. The smallest absolute Gasteiger partial charge is 0.255 e. The van der Waals surface area contributed by atoms with Crippen molar-refractivity contribution in [3.63, 3.8) is 0 Å². The van der Waals surface area contributed by atoms with Crippen LogP contribution in [-0.4, -0.2) is 25.5 Å². The molecule has 4 aliphatic rings. The minimum absolute atomic E-state index is 0.0332. The second-order valence-corrected chi connectivity index (χ2v) is 10.00. The summed E-state index contributed by atoms with van der Waals surface area (Å²) in [7, 11) is 1.90. The number of rotatable bonds is 5. The van der Waals surface area contributed by atoms with Gasteiger partial charge in [0.1, 0.15) is 0 Å². The van der Waals surface area contributed by atoms with Gasteiger partial charge in [-0.15, -0.1) is 0 Å². The second kappa shape index (κ2) is 7.08. The van der Waals surface area contributed by atoms with Crippen LogP contribution in [0.15, 0.2) is 48.8 Å². The molecule has 6 heteroatoms. The molecule has 0 unspecified atom stereocenters. The molecule has 1 N–H and O–H groups in total. The summed E-state index contributed by atoms with van der Waals surface area (Å²) in [5.74, 6) is 2.38. The SMILES string of the molecule is Cn1nccc1CNC(=O)c1cn(-c2ccccc2)nc1C12CC3CC(CC(C3)C1)C2. The molecule has 4 bridgehead atoms. The molecule has 4 saturated carbocycles. The summed E-state index contributed by atoms with van der Waals surface area (Å²) >= 11 is 0. The quantitative estimate of drug-likeness (QED) is 0.685. The molecule has 31 heavy (non-hydrogen) atoms. The number of benzene rings is 1. The van der Waals surface area contributed by atoms with Crippen LogP contribution >= 0.6 is 0 Å². The summed E-state index contributed by atoms with van der Waals surface area (Å²) in [6.45, 7) is 0.464. The molecule has 4 fully saturated rings. The van der Waals surface area contributed by atoms with Crippen molar-refractivity contribution in [3.05, 3.63) is 65.7 Å². The van der Waals surface area contributed by atoms with Crippen molar-refractivity contribution in [2.75, 3.05) is 0 Å². The van der Waals surface area contributed by atoms with Gasteiger partial charge in [0.25, 0.3) is 5.91 Å². The average Bonchev–Trinajstić information content (AvgIpc) is 3.39. The molecule has 2 aromatic heterocycles. The molecule has 6 nitrogen and oxygen atoms in total. The van der Waals surface area contributed by atoms with Gasteiger partial charge in [-0.1, -0.05) is 18.2 Å². The highest BCUT2D eigenvalue weighted by atomic mass is 16.1. The topological polar surface area (TPSA) is 64.7 Å². The summed E-state index contributed by atoms with van der Waals surface area (Å²) in [6, 6.07) is 12.1. The minimum atomic E-state index is -0.0332. The van der Waals surface area contributed by atoms with Gasteiger partial charge in [0, 0.05) is 24.9 Å². The van der Waals surface area contributed by atoms with Gasteiger partial charge in [-0.2, -0.15) is 10.2 Å². The maximum atomic E-state index is 13.4. The Morgan fingerprint density at radius 1 is 1.06 bits per heavy atom. The number of nitrogens with one attached hydrogen (secondary N) is 1. The number of carbonyl (C=O) groups excluding carboxylic acids is 1. The van der Waals surface area contributed by atoms with E-state index in [0.29, 0.717) is 6.54 Å². The van der Waals surface area contributed by atoms with Gasteiger partial charge < -0.3 is 5.32 Å². The van der Waals surface area contributed by atoms with Gasteiger partial charge >= 0.3 is 0 Å². The standard InChI is InChI=1S/C25H29N5O/c1-29-21(7-8-27-29)15-26-24(31)22-16-30(20-5-3-2-4-6-20)28-23(22)25-12-17-9-18(13-25)11-19(10-17)14-25/h2-8,16-19H,9-15H2,1H3,(H,26,31). The first-order valence-corrected chi connectivity index (χ1v) is 11.5. The summed E-state index contributed by atoms with van der Waals surface area (Å²) in [5, 5.41) is 12.4. The maximum Gasteiger partial charge on any atom is 0.255 e. The number of para-hydroxylation sites is 1. The number of carbonyl (C=O) groups is 1. The molecular weight excluding hydrogens is 386 g/mol. The lowest BCUT2D eigenvalue weighted by Gasteiger charge is -2.56. The fraction of sp³-hybridized carbons (Fsp3) is 0.480. The maximum absolute atomic E-state index is 13.4. The van der Waals surface area contributed by atoms with Crippen LogP contribution in [0.4, 0.5) is 0 Å². The Balaban J connectivity index is 1.38. The Kier molecular flexibility index (Phi) is 4.30. The molecule has 0 atom stereocenters.